The van der Waals surface area contributed by atoms with Gasteiger partial charge in [0.05, 0.1) is 25.5 Å². The standard InChI is InChI=1S/C21H24F2N8.C3H8O2/c1-12-25-16-8-7-15(27-20(16)30(12)11-17(22)23)14-9-10-31-18(14)19(24)28-21(29-31)26-13-5-3-2-4-6-13;1-5-3-2-4/h7-10,13,17H,2-6,11H2,1H3,(H3,24,26,28,29);4H,2-3H2,1H3. The van der Waals surface area contributed by atoms with Crippen molar-refractivity contribution in [2.75, 3.05) is 31.4 Å². The molecule has 4 N–H and O–H groups in total. The summed E-state index contributed by atoms with van der Waals surface area (Å²) < 4.78 is 33.6. The van der Waals surface area contributed by atoms with Gasteiger partial charge in [-0.15, -0.1) is 5.10 Å². The lowest BCUT2D eigenvalue weighted by Gasteiger charge is -2.22. The van der Waals surface area contributed by atoms with Crippen LogP contribution in [0.2, 0.25) is 0 Å². The molecule has 12 heteroatoms. The number of aliphatic hydroxyl groups is 1. The van der Waals surface area contributed by atoms with Crippen LogP contribution in [0.3, 0.4) is 0 Å². The maximum atomic E-state index is 13.0. The van der Waals surface area contributed by atoms with Crippen LogP contribution >= 0.6 is 0 Å². The summed E-state index contributed by atoms with van der Waals surface area (Å²) in [6.45, 7) is 1.82. The molecule has 5 rings (SSSR count). The summed E-state index contributed by atoms with van der Waals surface area (Å²) in [5.74, 6) is 1.35. The smallest absolute Gasteiger partial charge is 0.256 e. The molecule has 0 radical (unpaired) electrons. The Morgan fingerprint density at radius 3 is 2.61 bits per heavy atom. The van der Waals surface area contributed by atoms with Crippen molar-refractivity contribution < 1.29 is 18.6 Å². The van der Waals surface area contributed by atoms with Crippen LogP contribution in [0.4, 0.5) is 20.5 Å². The fourth-order valence-corrected chi connectivity index (χ4v) is 4.46. The summed E-state index contributed by atoms with van der Waals surface area (Å²) in [5.41, 5.74) is 9.28. The zero-order chi connectivity index (χ0) is 25.7. The molecule has 1 saturated carbocycles. The normalized spacial score (nSPS) is 14.4. The molecule has 10 nitrogen and oxygen atoms in total. The molecule has 0 spiro atoms. The molecular weight excluding hydrogens is 470 g/mol. The molecule has 194 valence electrons. The van der Waals surface area contributed by atoms with Gasteiger partial charge in [0.15, 0.2) is 11.5 Å². The number of methoxy groups -OCH3 is 1. The summed E-state index contributed by atoms with van der Waals surface area (Å²) in [4.78, 5) is 13.4. The second kappa shape index (κ2) is 11.6. The monoisotopic (exact) mass is 502 g/mol. The summed E-state index contributed by atoms with van der Waals surface area (Å²) >= 11 is 0. The van der Waals surface area contributed by atoms with Crippen LogP contribution < -0.4 is 11.1 Å². The van der Waals surface area contributed by atoms with E-state index in [1.807, 2.05) is 18.3 Å². The molecule has 4 aromatic heterocycles. The average molecular weight is 503 g/mol. The van der Waals surface area contributed by atoms with Crippen molar-refractivity contribution in [3.05, 3.63) is 30.2 Å². The van der Waals surface area contributed by atoms with E-state index in [-0.39, 0.29) is 6.61 Å². The van der Waals surface area contributed by atoms with Gasteiger partial charge in [-0.2, -0.15) is 4.98 Å². The molecule has 36 heavy (non-hydrogen) atoms. The number of anilines is 2. The molecule has 0 saturated heterocycles. The number of pyridine rings is 1. The first-order valence-corrected chi connectivity index (χ1v) is 12.0. The second-order valence-electron chi connectivity index (χ2n) is 8.74. The average Bonchev–Trinajstić information content (AvgIpc) is 3.41. The van der Waals surface area contributed by atoms with Gasteiger partial charge in [-0.1, -0.05) is 19.3 Å². The van der Waals surface area contributed by atoms with Gasteiger partial charge in [-0.3, -0.25) is 0 Å². The van der Waals surface area contributed by atoms with E-state index in [2.05, 4.69) is 30.1 Å². The Morgan fingerprint density at radius 1 is 1.17 bits per heavy atom. The first kappa shape index (κ1) is 25.7. The molecule has 1 aliphatic carbocycles. The number of aliphatic hydroxyl groups excluding tert-OH is 1. The van der Waals surface area contributed by atoms with Crippen LogP contribution in [0.5, 0.6) is 0 Å². The predicted molar refractivity (Wildman–Crippen MR) is 134 cm³/mol. The lowest BCUT2D eigenvalue weighted by Crippen LogP contribution is -2.24. The number of aryl methyl sites for hydroxylation is 1. The van der Waals surface area contributed by atoms with E-state index in [9.17, 15) is 8.78 Å². The van der Waals surface area contributed by atoms with Crippen LogP contribution in [-0.2, 0) is 11.3 Å². The zero-order valence-corrected chi connectivity index (χ0v) is 20.5. The Balaban J connectivity index is 0.000000556. The lowest BCUT2D eigenvalue weighted by molar-refractivity contribution is 0.127. The Kier molecular flexibility index (Phi) is 8.26. The maximum Gasteiger partial charge on any atom is 0.256 e. The summed E-state index contributed by atoms with van der Waals surface area (Å²) in [7, 11) is 1.55. The first-order chi connectivity index (χ1) is 17.4. The topological polar surface area (TPSA) is 128 Å². The molecule has 1 aliphatic rings. The highest BCUT2D eigenvalue weighted by atomic mass is 19.3. The number of ether oxygens (including phenoxy) is 1. The SMILES string of the molecule is COCCO.Cc1nc2ccc(-c3ccn4nc(NC5CCCCC5)nc(N)c34)nc2n1CC(F)F. The van der Waals surface area contributed by atoms with Crippen LogP contribution in [-0.4, -0.2) is 67.0 Å². The number of hydrogen-bond donors (Lipinski definition) is 3. The zero-order valence-electron chi connectivity index (χ0n) is 20.5. The van der Waals surface area contributed by atoms with Crippen molar-refractivity contribution in [3.8, 4) is 11.3 Å². The van der Waals surface area contributed by atoms with Gasteiger partial charge in [-0.25, -0.2) is 23.3 Å². The largest absolute Gasteiger partial charge is 0.394 e. The minimum absolute atomic E-state index is 0.122. The lowest BCUT2D eigenvalue weighted by atomic mass is 9.96. The molecule has 0 aliphatic heterocycles. The quantitative estimate of drug-likeness (QED) is 0.349. The highest BCUT2D eigenvalue weighted by molar-refractivity contribution is 5.88. The second-order valence-corrected chi connectivity index (χ2v) is 8.74. The number of nitrogens with two attached hydrogens (primary N) is 1. The number of aromatic nitrogens is 6. The summed E-state index contributed by atoms with van der Waals surface area (Å²) in [6, 6.07) is 5.82. The molecule has 4 aromatic rings. The van der Waals surface area contributed by atoms with Crippen LogP contribution in [0.25, 0.3) is 27.9 Å². The number of fused-ring (bicyclic) bond motifs is 2. The van der Waals surface area contributed by atoms with Crippen molar-refractivity contribution in [1.82, 2.24) is 29.1 Å². The third-order valence-electron chi connectivity index (χ3n) is 6.15. The van der Waals surface area contributed by atoms with Gasteiger partial charge >= 0.3 is 0 Å². The van der Waals surface area contributed by atoms with E-state index < -0.39 is 13.0 Å². The summed E-state index contributed by atoms with van der Waals surface area (Å²) in [6.07, 6.45) is 5.21. The van der Waals surface area contributed by atoms with E-state index in [1.165, 1.54) is 23.8 Å². The van der Waals surface area contributed by atoms with Gasteiger partial charge in [0.2, 0.25) is 5.95 Å². The van der Waals surface area contributed by atoms with Crippen LogP contribution in [0.15, 0.2) is 24.4 Å². The number of nitrogens with one attached hydrogen (secondary N) is 1. The highest BCUT2D eigenvalue weighted by Gasteiger charge is 2.19. The van der Waals surface area contributed by atoms with Crippen LogP contribution in [0.1, 0.15) is 37.9 Å². The fourth-order valence-electron chi connectivity index (χ4n) is 4.46. The van der Waals surface area contributed by atoms with Crippen molar-refractivity contribution in [2.24, 2.45) is 0 Å². The number of alkyl halides is 2. The van der Waals surface area contributed by atoms with Crippen molar-refractivity contribution in [1.29, 1.82) is 0 Å². The third-order valence-corrected chi connectivity index (χ3v) is 6.15. The Bertz CT molecular complexity index is 1300. The van der Waals surface area contributed by atoms with Crippen molar-refractivity contribution in [2.45, 2.75) is 58.0 Å². The predicted octanol–water partition coefficient (Wildman–Crippen LogP) is 3.67. The fraction of sp³-hybridized carbons (Fsp3) is 0.500. The van der Waals surface area contributed by atoms with Gasteiger partial charge in [0.1, 0.15) is 16.9 Å². The number of hydrogen-bond acceptors (Lipinski definition) is 8. The Hall–Kier alpha value is -3.38. The maximum absolute atomic E-state index is 13.0. The molecule has 0 unspecified atom stereocenters. The van der Waals surface area contributed by atoms with Crippen molar-refractivity contribution in [3.63, 3.8) is 0 Å². The molecule has 0 atom stereocenters. The minimum atomic E-state index is -2.49. The first-order valence-electron chi connectivity index (χ1n) is 12.0. The molecule has 0 bridgehead atoms. The molecule has 4 heterocycles. The minimum Gasteiger partial charge on any atom is -0.394 e. The molecule has 1 fully saturated rings. The van der Waals surface area contributed by atoms with E-state index in [0.29, 0.717) is 52.6 Å². The number of halogens is 2. The van der Waals surface area contributed by atoms with Gasteiger partial charge in [0, 0.05) is 24.9 Å². The van der Waals surface area contributed by atoms with E-state index in [0.717, 1.165) is 18.4 Å². The van der Waals surface area contributed by atoms with Crippen LogP contribution in [0, 0.1) is 6.92 Å². The molecule has 0 aromatic carbocycles. The van der Waals surface area contributed by atoms with Gasteiger partial charge < -0.3 is 25.5 Å². The van der Waals surface area contributed by atoms with Crippen molar-refractivity contribution >= 4 is 28.4 Å². The third kappa shape index (κ3) is 5.71. The van der Waals surface area contributed by atoms with E-state index in [1.54, 1.807) is 24.6 Å². The highest BCUT2D eigenvalue weighted by Crippen LogP contribution is 2.30. The molecule has 0 amide bonds. The number of nitrogen functional groups attached to an aromatic ring is 1. The molecular formula is C24H32F2N8O2. The number of rotatable bonds is 7. The summed E-state index contributed by atoms with van der Waals surface area (Å²) in [5, 5.41) is 15.9. The van der Waals surface area contributed by atoms with E-state index >= 15 is 0 Å². The van der Waals surface area contributed by atoms with Gasteiger partial charge in [0.25, 0.3) is 6.43 Å². The van der Waals surface area contributed by atoms with E-state index in [4.69, 9.17) is 10.8 Å². The Labute approximate surface area is 207 Å². The Morgan fingerprint density at radius 2 is 1.94 bits per heavy atom. The number of imidazole rings is 1. The number of nitrogens with zero attached hydrogens (tertiary/aromatic N) is 6. The van der Waals surface area contributed by atoms with Gasteiger partial charge in [-0.05, 0) is 38.0 Å².